The zero-order valence-electron chi connectivity index (χ0n) is 7.04. The summed E-state index contributed by atoms with van der Waals surface area (Å²) in [7, 11) is 2.02. The van der Waals surface area contributed by atoms with Crippen LogP contribution in [-0.2, 0) is 7.05 Å². The molecular weight excluding hydrogens is 134 g/mol. The molecule has 0 bridgehead atoms. The van der Waals surface area contributed by atoms with Crippen LogP contribution in [0.2, 0.25) is 0 Å². The van der Waals surface area contributed by atoms with Crippen molar-refractivity contribution in [3.63, 3.8) is 0 Å². The summed E-state index contributed by atoms with van der Waals surface area (Å²) >= 11 is 0. The van der Waals surface area contributed by atoms with Gasteiger partial charge >= 0.3 is 0 Å². The van der Waals surface area contributed by atoms with Gasteiger partial charge in [-0.05, 0) is 24.6 Å². The third-order valence-corrected chi connectivity index (χ3v) is 1.69. The average Bonchev–Trinajstić information content (AvgIpc) is 2.33. The Morgan fingerprint density at radius 3 is 2.82 bits per heavy atom. The summed E-state index contributed by atoms with van der Waals surface area (Å²) < 4.78 is 2.06. The first-order valence-electron chi connectivity index (χ1n) is 3.70. The van der Waals surface area contributed by atoms with Crippen molar-refractivity contribution < 1.29 is 0 Å². The lowest BCUT2D eigenvalue weighted by Gasteiger charge is -1.96. The zero-order valence-corrected chi connectivity index (χ0v) is 7.04. The van der Waals surface area contributed by atoms with Crippen molar-refractivity contribution >= 4 is 12.2 Å². The summed E-state index contributed by atoms with van der Waals surface area (Å²) in [6.07, 6.45) is 8.01. The minimum Gasteiger partial charge on any atom is -0.351 e. The van der Waals surface area contributed by atoms with Gasteiger partial charge in [0.05, 0.1) is 0 Å². The predicted molar refractivity (Wildman–Crippen MR) is 50.2 cm³/mol. The summed E-state index contributed by atoms with van der Waals surface area (Å²) in [4.78, 5) is 0. The van der Waals surface area contributed by atoms with E-state index in [1.54, 1.807) is 0 Å². The van der Waals surface area contributed by atoms with Gasteiger partial charge in [0.25, 0.3) is 0 Å². The smallest absolute Gasteiger partial charge is 0.0471 e. The molecule has 0 unspecified atom stereocenters. The van der Waals surface area contributed by atoms with Gasteiger partial charge in [0.2, 0.25) is 0 Å². The zero-order chi connectivity index (χ0) is 8.27. The van der Waals surface area contributed by atoms with Crippen LogP contribution in [0, 0.1) is 0 Å². The molecule has 0 saturated carbocycles. The number of allylic oxidation sites excluding steroid dienone is 1. The SMILES string of the molecule is C=Cc1c(/C=C/C)ccn1C. The average molecular weight is 147 g/mol. The number of rotatable bonds is 2. The number of aromatic nitrogens is 1. The Hall–Kier alpha value is -1.24. The standard InChI is InChI=1S/C10H13N/c1-4-6-9-7-8-11(3)10(9)5-2/h4-8H,2H2,1,3H3/b6-4+. The van der Waals surface area contributed by atoms with Crippen molar-refractivity contribution in [3.8, 4) is 0 Å². The fourth-order valence-electron chi connectivity index (χ4n) is 1.14. The van der Waals surface area contributed by atoms with E-state index in [0.29, 0.717) is 0 Å². The largest absolute Gasteiger partial charge is 0.351 e. The molecular formula is C10H13N. The molecule has 58 valence electrons. The minimum atomic E-state index is 1.17. The summed E-state index contributed by atoms with van der Waals surface area (Å²) in [5.41, 5.74) is 2.40. The molecule has 0 fully saturated rings. The molecule has 1 nitrogen and oxygen atoms in total. The first-order valence-corrected chi connectivity index (χ1v) is 3.70. The van der Waals surface area contributed by atoms with Crippen LogP contribution >= 0.6 is 0 Å². The third kappa shape index (κ3) is 1.43. The lowest BCUT2D eigenvalue weighted by Crippen LogP contribution is -1.88. The Labute approximate surface area is 67.7 Å². The molecule has 0 aliphatic heterocycles. The molecule has 0 aliphatic carbocycles. The minimum absolute atomic E-state index is 1.17. The number of aryl methyl sites for hydroxylation is 1. The van der Waals surface area contributed by atoms with Crippen LogP contribution in [0.1, 0.15) is 18.2 Å². The second-order valence-corrected chi connectivity index (χ2v) is 2.47. The Balaban J connectivity index is 3.15. The van der Waals surface area contributed by atoms with Gasteiger partial charge in [-0.2, -0.15) is 0 Å². The van der Waals surface area contributed by atoms with Crippen LogP contribution < -0.4 is 0 Å². The fraction of sp³-hybridized carbons (Fsp3) is 0.200. The molecule has 0 saturated heterocycles. The summed E-state index contributed by atoms with van der Waals surface area (Å²) in [6, 6.07) is 2.08. The van der Waals surface area contributed by atoms with Gasteiger partial charge in [-0.15, -0.1) is 0 Å². The van der Waals surface area contributed by atoms with Crippen LogP contribution in [0.15, 0.2) is 24.9 Å². The van der Waals surface area contributed by atoms with E-state index in [4.69, 9.17) is 0 Å². The Bertz CT molecular complexity index is 279. The molecule has 0 N–H and O–H groups in total. The first kappa shape index (κ1) is 7.86. The molecule has 0 radical (unpaired) electrons. The van der Waals surface area contributed by atoms with Crippen LogP contribution in [0.3, 0.4) is 0 Å². The molecule has 0 aromatic carbocycles. The number of nitrogens with zero attached hydrogens (tertiary/aromatic N) is 1. The van der Waals surface area contributed by atoms with Gasteiger partial charge in [-0.3, -0.25) is 0 Å². The van der Waals surface area contributed by atoms with Crippen molar-refractivity contribution in [1.29, 1.82) is 0 Å². The van der Waals surface area contributed by atoms with Crippen molar-refractivity contribution in [2.75, 3.05) is 0 Å². The maximum absolute atomic E-state index is 3.75. The van der Waals surface area contributed by atoms with Gasteiger partial charge in [0, 0.05) is 18.9 Å². The second-order valence-electron chi connectivity index (χ2n) is 2.47. The van der Waals surface area contributed by atoms with Crippen molar-refractivity contribution in [2.24, 2.45) is 7.05 Å². The van der Waals surface area contributed by atoms with E-state index in [9.17, 15) is 0 Å². The highest BCUT2D eigenvalue weighted by Crippen LogP contribution is 2.12. The maximum Gasteiger partial charge on any atom is 0.0471 e. The molecule has 0 aliphatic rings. The lowest BCUT2D eigenvalue weighted by molar-refractivity contribution is 0.914. The molecule has 0 amide bonds. The van der Waals surface area contributed by atoms with Gasteiger partial charge in [-0.1, -0.05) is 18.7 Å². The molecule has 1 heterocycles. The van der Waals surface area contributed by atoms with Gasteiger partial charge in [-0.25, -0.2) is 0 Å². The Morgan fingerprint density at radius 1 is 1.55 bits per heavy atom. The fourth-order valence-corrected chi connectivity index (χ4v) is 1.14. The molecule has 1 aromatic rings. The highest BCUT2D eigenvalue weighted by atomic mass is 14.9. The summed E-state index contributed by atoms with van der Waals surface area (Å²) in [6.45, 7) is 5.77. The Kier molecular flexibility index (Phi) is 2.32. The number of hydrogen-bond acceptors (Lipinski definition) is 0. The molecule has 11 heavy (non-hydrogen) atoms. The van der Waals surface area contributed by atoms with E-state index < -0.39 is 0 Å². The van der Waals surface area contributed by atoms with Crippen molar-refractivity contribution in [3.05, 3.63) is 36.2 Å². The van der Waals surface area contributed by atoms with E-state index in [1.165, 1.54) is 11.3 Å². The first-order chi connectivity index (χ1) is 5.29. The van der Waals surface area contributed by atoms with E-state index in [2.05, 4.69) is 23.3 Å². The van der Waals surface area contributed by atoms with Crippen LogP contribution in [0.5, 0.6) is 0 Å². The normalized spacial score (nSPS) is 10.7. The van der Waals surface area contributed by atoms with Gasteiger partial charge in [0.1, 0.15) is 0 Å². The van der Waals surface area contributed by atoms with Crippen molar-refractivity contribution in [2.45, 2.75) is 6.92 Å². The van der Waals surface area contributed by atoms with Crippen molar-refractivity contribution in [1.82, 2.24) is 4.57 Å². The van der Waals surface area contributed by atoms with Gasteiger partial charge < -0.3 is 4.57 Å². The second kappa shape index (κ2) is 3.24. The van der Waals surface area contributed by atoms with E-state index in [1.807, 2.05) is 32.3 Å². The highest BCUT2D eigenvalue weighted by molar-refractivity contribution is 5.62. The highest BCUT2D eigenvalue weighted by Gasteiger charge is 1.97. The summed E-state index contributed by atoms with van der Waals surface area (Å²) in [5.74, 6) is 0. The topological polar surface area (TPSA) is 4.93 Å². The molecule has 1 aromatic heterocycles. The van der Waals surface area contributed by atoms with Gasteiger partial charge in [0.15, 0.2) is 0 Å². The third-order valence-electron chi connectivity index (χ3n) is 1.69. The Morgan fingerprint density at radius 2 is 2.27 bits per heavy atom. The molecule has 0 atom stereocenters. The summed E-state index contributed by atoms with van der Waals surface area (Å²) in [5, 5.41) is 0. The monoisotopic (exact) mass is 147 g/mol. The van der Waals surface area contributed by atoms with E-state index in [0.717, 1.165) is 0 Å². The predicted octanol–water partition coefficient (Wildman–Crippen LogP) is 2.70. The van der Waals surface area contributed by atoms with E-state index in [-0.39, 0.29) is 0 Å². The molecule has 1 rings (SSSR count). The quantitative estimate of drug-likeness (QED) is 0.606. The molecule has 0 spiro atoms. The number of hydrogen-bond donors (Lipinski definition) is 0. The van der Waals surface area contributed by atoms with E-state index >= 15 is 0 Å². The molecule has 1 heteroatoms. The maximum atomic E-state index is 3.75. The van der Waals surface area contributed by atoms with Crippen LogP contribution in [0.4, 0.5) is 0 Å². The van der Waals surface area contributed by atoms with Crippen LogP contribution in [0.25, 0.3) is 12.2 Å². The van der Waals surface area contributed by atoms with Crippen LogP contribution in [-0.4, -0.2) is 4.57 Å². The lowest BCUT2D eigenvalue weighted by atomic mass is 10.2.